The molecule has 1 aromatic heterocycles. The SMILES string of the molecule is CC(=O)Nc1ccc(S(=O)(=O)N2CCN(c3cc(Nc4ccc(C)cc4)nc(C)n3)CC2)c(C)c1. The largest absolute Gasteiger partial charge is 0.354 e. The molecule has 0 spiro atoms. The second-order valence-corrected chi connectivity index (χ2v) is 10.6. The molecule has 0 unspecified atom stereocenters. The highest BCUT2D eigenvalue weighted by Crippen LogP contribution is 2.26. The van der Waals surface area contributed by atoms with Crippen LogP contribution >= 0.6 is 0 Å². The van der Waals surface area contributed by atoms with Gasteiger partial charge in [0.1, 0.15) is 17.5 Å². The highest BCUT2D eigenvalue weighted by atomic mass is 32.2. The third-order valence-electron chi connectivity index (χ3n) is 5.82. The molecule has 2 heterocycles. The number of carbonyl (C=O) groups is 1. The van der Waals surface area contributed by atoms with Crippen LogP contribution in [0.1, 0.15) is 23.9 Å². The summed E-state index contributed by atoms with van der Waals surface area (Å²) in [6, 6.07) is 14.8. The summed E-state index contributed by atoms with van der Waals surface area (Å²) in [6.07, 6.45) is 0. The molecule has 0 aliphatic carbocycles. The number of carbonyl (C=O) groups excluding carboxylic acids is 1. The number of nitrogens with one attached hydrogen (secondary N) is 2. The molecule has 35 heavy (non-hydrogen) atoms. The Bertz CT molecular complexity index is 1330. The minimum absolute atomic E-state index is 0.201. The number of piperazine rings is 1. The fraction of sp³-hybridized carbons (Fsp3) is 0.320. The Labute approximate surface area is 206 Å². The van der Waals surface area contributed by atoms with Crippen molar-refractivity contribution >= 4 is 38.9 Å². The molecule has 2 aromatic carbocycles. The van der Waals surface area contributed by atoms with Crippen LogP contribution in [0, 0.1) is 20.8 Å². The van der Waals surface area contributed by atoms with Crippen LogP contribution in [0.5, 0.6) is 0 Å². The van der Waals surface area contributed by atoms with Crippen molar-refractivity contribution in [2.75, 3.05) is 41.7 Å². The Morgan fingerprint density at radius 3 is 2.17 bits per heavy atom. The molecular formula is C25H30N6O3S. The van der Waals surface area contributed by atoms with Crippen LogP contribution in [-0.4, -0.2) is 54.8 Å². The maximum absolute atomic E-state index is 13.3. The molecule has 1 aliphatic heterocycles. The fourth-order valence-corrected chi connectivity index (χ4v) is 5.71. The summed E-state index contributed by atoms with van der Waals surface area (Å²) in [6.45, 7) is 8.76. The lowest BCUT2D eigenvalue weighted by atomic mass is 10.2. The number of hydrogen-bond donors (Lipinski definition) is 2. The van der Waals surface area contributed by atoms with Crippen molar-refractivity contribution in [3.8, 4) is 0 Å². The molecule has 10 heteroatoms. The van der Waals surface area contributed by atoms with Gasteiger partial charge in [-0.3, -0.25) is 4.79 Å². The Morgan fingerprint density at radius 2 is 1.54 bits per heavy atom. The number of rotatable bonds is 6. The number of benzene rings is 2. The molecule has 1 aliphatic rings. The Hall–Kier alpha value is -3.50. The maximum atomic E-state index is 13.3. The first-order chi connectivity index (χ1) is 16.6. The number of nitrogens with zero attached hydrogens (tertiary/aromatic N) is 4. The van der Waals surface area contributed by atoms with Crippen molar-refractivity contribution < 1.29 is 13.2 Å². The molecule has 184 valence electrons. The van der Waals surface area contributed by atoms with Gasteiger partial charge >= 0.3 is 0 Å². The monoisotopic (exact) mass is 494 g/mol. The molecule has 0 bridgehead atoms. The minimum Gasteiger partial charge on any atom is -0.354 e. The molecule has 0 radical (unpaired) electrons. The summed E-state index contributed by atoms with van der Waals surface area (Å²) >= 11 is 0. The standard InChI is InChI=1S/C25H30N6O3S/c1-17-5-7-21(8-6-17)29-24-16-25(27-19(3)26-24)30-11-13-31(14-12-30)35(33,34)23-10-9-22(15-18(23)2)28-20(4)32/h5-10,15-16H,11-14H2,1-4H3,(H,28,32)(H,26,27,29). The molecular weight excluding hydrogens is 464 g/mol. The normalized spacial score (nSPS) is 14.6. The van der Waals surface area contributed by atoms with E-state index in [0.717, 1.165) is 11.5 Å². The highest BCUT2D eigenvalue weighted by molar-refractivity contribution is 7.89. The lowest BCUT2D eigenvalue weighted by molar-refractivity contribution is -0.114. The average molecular weight is 495 g/mol. The summed E-state index contributed by atoms with van der Waals surface area (Å²) in [7, 11) is -3.66. The van der Waals surface area contributed by atoms with Crippen LogP contribution in [0.25, 0.3) is 0 Å². The number of aromatic nitrogens is 2. The van der Waals surface area contributed by atoms with Gasteiger partial charge < -0.3 is 15.5 Å². The van der Waals surface area contributed by atoms with Gasteiger partial charge in [-0.15, -0.1) is 0 Å². The average Bonchev–Trinajstić information content (AvgIpc) is 2.80. The van der Waals surface area contributed by atoms with Gasteiger partial charge in [0.15, 0.2) is 0 Å². The number of anilines is 4. The smallest absolute Gasteiger partial charge is 0.243 e. The number of amides is 1. The zero-order valence-electron chi connectivity index (χ0n) is 20.4. The molecule has 1 fully saturated rings. The van der Waals surface area contributed by atoms with Gasteiger partial charge in [0, 0.05) is 50.5 Å². The lowest BCUT2D eigenvalue weighted by Gasteiger charge is -2.35. The van der Waals surface area contributed by atoms with Crippen LogP contribution in [-0.2, 0) is 14.8 Å². The third kappa shape index (κ3) is 5.77. The van der Waals surface area contributed by atoms with Gasteiger partial charge in [0.25, 0.3) is 0 Å². The Balaban J connectivity index is 1.46. The summed E-state index contributed by atoms with van der Waals surface area (Å²) in [4.78, 5) is 22.7. The Kier molecular flexibility index (Phi) is 7.04. The van der Waals surface area contributed by atoms with E-state index >= 15 is 0 Å². The van der Waals surface area contributed by atoms with E-state index in [1.807, 2.05) is 44.2 Å². The van der Waals surface area contributed by atoms with Gasteiger partial charge in [0.05, 0.1) is 4.90 Å². The maximum Gasteiger partial charge on any atom is 0.243 e. The fourth-order valence-electron chi connectivity index (χ4n) is 4.08. The van der Waals surface area contributed by atoms with E-state index in [0.29, 0.717) is 49.1 Å². The lowest BCUT2D eigenvalue weighted by Crippen LogP contribution is -2.49. The summed E-state index contributed by atoms with van der Waals surface area (Å²) in [5.74, 6) is 1.90. The number of sulfonamides is 1. The van der Waals surface area contributed by atoms with Crippen molar-refractivity contribution in [1.82, 2.24) is 14.3 Å². The van der Waals surface area contributed by atoms with Gasteiger partial charge in [0.2, 0.25) is 15.9 Å². The summed E-state index contributed by atoms with van der Waals surface area (Å²) < 4.78 is 28.1. The van der Waals surface area contributed by atoms with E-state index in [1.165, 1.54) is 16.8 Å². The van der Waals surface area contributed by atoms with Gasteiger partial charge in [-0.1, -0.05) is 17.7 Å². The molecule has 9 nitrogen and oxygen atoms in total. The first-order valence-corrected chi connectivity index (χ1v) is 12.9. The molecule has 1 saturated heterocycles. The van der Waals surface area contributed by atoms with Crippen LogP contribution < -0.4 is 15.5 Å². The van der Waals surface area contributed by atoms with E-state index in [-0.39, 0.29) is 10.8 Å². The zero-order valence-corrected chi connectivity index (χ0v) is 21.2. The van der Waals surface area contributed by atoms with Gasteiger partial charge in [-0.25, -0.2) is 18.4 Å². The molecule has 0 atom stereocenters. The summed E-state index contributed by atoms with van der Waals surface area (Å²) in [5, 5.41) is 6.00. The van der Waals surface area contributed by atoms with Crippen molar-refractivity contribution in [3.63, 3.8) is 0 Å². The van der Waals surface area contributed by atoms with E-state index in [9.17, 15) is 13.2 Å². The van der Waals surface area contributed by atoms with E-state index < -0.39 is 10.0 Å². The first-order valence-electron chi connectivity index (χ1n) is 11.4. The summed E-state index contributed by atoms with van der Waals surface area (Å²) in [5.41, 5.74) is 3.29. The first kappa shape index (κ1) is 24.6. The molecule has 0 saturated carbocycles. The molecule has 4 rings (SSSR count). The van der Waals surface area contributed by atoms with Gasteiger partial charge in [-0.05, 0) is 56.7 Å². The van der Waals surface area contributed by atoms with Crippen LogP contribution in [0.4, 0.5) is 23.0 Å². The number of aryl methyl sites for hydroxylation is 3. The van der Waals surface area contributed by atoms with E-state index in [2.05, 4.69) is 25.5 Å². The second kappa shape index (κ2) is 10.0. The highest BCUT2D eigenvalue weighted by Gasteiger charge is 2.30. The van der Waals surface area contributed by atoms with Crippen LogP contribution in [0.3, 0.4) is 0 Å². The number of hydrogen-bond acceptors (Lipinski definition) is 7. The third-order valence-corrected chi connectivity index (χ3v) is 7.88. The topological polar surface area (TPSA) is 108 Å². The van der Waals surface area contributed by atoms with Gasteiger partial charge in [-0.2, -0.15) is 4.31 Å². The van der Waals surface area contributed by atoms with Crippen molar-refractivity contribution in [3.05, 3.63) is 65.5 Å². The van der Waals surface area contributed by atoms with Crippen molar-refractivity contribution in [2.24, 2.45) is 0 Å². The molecule has 3 aromatic rings. The predicted octanol–water partition coefficient (Wildman–Crippen LogP) is 3.61. The molecule has 2 N–H and O–H groups in total. The van der Waals surface area contributed by atoms with E-state index in [4.69, 9.17) is 0 Å². The quantitative estimate of drug-likeness (QED) is 0.539. The zero-order chi connectivity index (χ0) is 25.2. The molecule has 1 amide bonds. The predicted molar refractivity (Wildman–Crippen MR) is 138 cm³/mol. The Morgan fingerprint density at radius 1 is 0.886 bits per heavy atom. The van der Waals surface area contributed by atoms with E-state index in [1.54, 1.807) is 25.1 Å². The minimum atomic E-state index is -3.66. The van der Waals surface area contributed by atoms with Crippen LogP contribution in [0.15, 0.2) is 53.4 Å². The van der Waals surface area contributed by atoms with Crippen molar-refractivity contribution in [1.29, 1.82) is 0 Å². The second-order valence-electron chi connectivity index (χ2n) is 8.70. The van der Waals surface area contributed by atoms with Crippen LogP contribution in [0.2, 0.25) is 0 Å². The van der Waals surface area contributed by atoms with Crippen molar-refractivity contribution in [2.45, 2.75) is 32.6 Å².